The topological polar surface area (TPSA) is 70.7 Å². The molecule has 0 spiro atoms. The van der Waals surface area contributed by atoms with Crippen molar-refractivity contribution in [3.8, 4) is 0 Å². The van der Waals surface area contributed by atoms with Crippen molar-refractivity contribution < 1.29 is 4.79 Å². The van der Waals surface area contributed by atoms with Crippen LogP contribution in [0.25, 0.3) is 0 Å². The molecule has 1 aromatic rings. The minimum Gasteiger partial charge on any atom is -0.386 e. The summed E-state index contributed by atoms with van der Waals surface area (Å²) >= 11 is 5.59. The van der Waals surface area contributed by atoms with Gasteiger partial charge in [-0.3, -0.25) is 0 Å². The third-order valence-electron chi connectivity index (χ3n) is 2.52. The highest BCUT2D eigenvalue weighted by Crippen LogP contribution is 2.32. The minimum atomic E-state index is -0.149. The first kappa shape index (κ1) is 11.7. The summed E-state index contributed by atoms with van der Waals surface area (Å²) in [6.07, 6.45) is 0. The zero-order valence-electron chi connectivity index (χ0n) is 9.40. The second-order valence-electron chi connectivity index (χ2n) is 3.83. The van der Waals surface area contributed by atoms with E-state index in [2.05, 4.69) is 10.3 Å². The molecule has 0 bridgehead atoms. The maximum absolute atomic E-state index is 11.6. The van der Waals surface area contributed by atoms with Crippen molar-refractivity contribution in [3.63, 3.8) is 0 Å². The number of aliphatic imine (C=N–C) groups is 1. The molecule has 1 heterocycles. The van der Waals surface area contributed by atoms with Crippen molar-refractivity contribution in [1.29, 1.82) is 0 Å². The number of hydrogen-bond acceptors (Lipinski definition) is 2. The number of hydrogen-bond donors (Lipinski definition) is 2. The first-order valence-corrected chi connectivity index (χ1v) is 5.68. The van der Waals surface area contributed by atoms with E-state index in [0.29, 0.717) is 23.8 Å². The number of halogens is 1. The van der Waals surface area contributed by atoms with Gasteiger partial charge in [-0.25, -0.2) is 9.79 Å². The molecule has 0 aromatic heterocycles. The van der Waals surface area contributed by atoms with Gasteiger partial charge in [-0.1, -0.05) is 12.1 Å². The first-order valence-electron chi connectivity index (χ1n) is 5.15. The number of benzene rings is 1. The predicted octanol–water partition coefficient (Wildman–Crippen LogP) is 1.89. The minimum absolute atomic E-state index is 0.149. The summed E-state index contributed by atoms with van der Waals surface area (Å²) < 4.78 is 0. The number of fused-ring (bicyclic) bond motifs is 1. The largest absolute Gasteiger partial charge is 0.386 e. The van der Waals surface area contributed by atoms with E-state index in [1.165, 1.54) is 0 Å². The third kappa shape index (κ3) is 2.34. The molecule has 0 aliphatic carbocycles. The molecule has 0 radical (unpaired) electrons. The lowest BCUT2D eigenvalue weighted by Gasteiger charge is -2.26. The van der Waals surface area contributed by atoms with Crippen LogP contribution in [-0.4, -0.2) is 29.7 Å². The number of urea groups is 1. The lowest BCUT2D eigenvalue weighted by atomic mass is 10.1. The fraction of sp³-hybridized carbons (Fsp3) is 0.273. The van der Waals surface area contributed by atoms with E-state index in [1.807, 2.05) is 12.1 Å². The first-order chi connectivity index (χ1) is 8.11. The highest BCUT2D eigenvalue weighted by Gasteiger charge is 2.21. The van der Waals surface area contributed by atoms with Gasteiger partial charge in [-0.05, 0) is 11.6 Å². The van der Waals surface area contributed by atoms with Crippen LogP contribution >= 0.6 is 11.6 Å². The molecule has 1 aromatic carbocycles. The second kappa shape index (κ2) is 4.63. The number of nitrogens with zero attached hydrogens (tertiary/aromatic N) is 2. The van der Waals surface area contributed by atoms with Crippen LogP contribution in [0, 0.1) is 0 Å². The highest BCUT2D eigenvalue weighted by atomic mass is 35.5. The molecule has 0 saturated carbocycles. The maximum atomic E-state index is 11.6. The number of amides is 2. The molecule has 1 aliphatic heterocycles. The highest BCUT2D eigenvalue weighted by molar-refractivity contribution is 6.28. The number of nitrogens with one attached hydrogen (secondary N) is 1. The Morgan fingerprint density at radius 3 is 3.12 bits per heavy atom. The summed E-state index contributed by atoms with van der Waals surface area (Å²) in [6, 6.07) is 5.47. The number of carbonyl (C=O) groups is 1. The molecular formula is C11H13ClN4O. The van der Waals surface area contributed by atoms with E-state index in [1.54, 1.807) is 18.0 Å². The molecule has 17 heavy (non-hydrogen) atoms. The molecule has 90 valence electrons. The Bertz CT molecular complexity index is 486. The summed E-state index contributed by atoms with van der Waals surface area (Å²) in [6.45, 7) is 0.561. The van der Waals surface area contributed by atoms with Crippen molar-refractivity contribution in [2.24, 2.45) is 10.7 Å². The standard InChI is InChI=1S/C11H13ClN4O/c1-16-6-7-3-2-4-8(14-9(13)5-12)10(7)15-11(16)17/h2-4H,5-6H2,1H3,(H2,13,14)(H,15,17). The maximum Gasteiger partial charge on any atom is 0.321 e. The van der Waals surface area contributed by atoms with E-state index in [-0.39, 0.29) is 11.9 Å². The van der Waals surface area contributed by atoms with Gasteiger partial charge >= 0.3 is 6.03 Å². The molecule has 3 N–H and O–H groups in total. The Morgan fingerprint density at radius 2 is 2.41 bits per heavy atom. The fourth-order valence-corrected chi connectivity index (χ4v) is 1.73. The normalized spacial score (nSPS) is 15.5. The number of nitrogens with two attached hydrogens (primary N) is 1. The molecule has 0 unspecified atom stereocenters. The lowest BCUT2D eigenvalue weighted by Crippen LogP contribution is -2.35. The second-order valence-corrected chi connectivity index (χ2v) is 4.10. The van der Waals surface area contributed by atoms with Crippen molar-refractivity contribution in [3.05, 3.63) is 23.8 Å². The SMILES string of the molecule is CN1Cc2cccc(N=C(N)CCl)c2NC1=O. The Kier molecular flexibility index (Phi) is 3.19. The Labute approximate surface area is 104 Å². The van der Waals surface area contributed by atoms with Crippen LogP contribution in [0.2, 0.25) is 0 Å². The van der Waals surface area contributed by atoms with Gasteiger partial charge in [0.25, 0.3) is 0 Å². The molecule has 0 fully saturated rings. The van der Waals surface area contributed by atoms with Gasteiger partial charge in [0.05, 0.1) is 17.3 Å². The van der Waals surface area contributed by atoms with Crippen LogP contribution < -0.4 is 11.1 Å². The predicted molar refractivity (Wildman–Crippen MR) is 68.9 cm³/mol. The molecule has 1 aliphatic rings. The van der Waals surface area contributed by atoms with Crippen LogP contribution in [0.4, 0.5) is 16.2 Å². The average molecular weight is 253 g/mol. The Balaban J connectivity index is 2.44. The van der Waals surface area contributed by atoms with Gasteiger partial charge in [-0.15, -0.1) is 11.6 Å². The smallest absolute Gasteiger partial charge is 0.321 e. The van der Waals surface area contributed by atoms with Crippen molar-refractivity contribution in [1.82, 2.24) is 4.90 Å². The third-order valence-corrected chi connectivity index (χ3v) is 2.79. The molecular weight excluding hydrogens is 240 g/mol. The van der Waals surface area contributed by atoms with Crippen LogP contribution in [-0.2, 0) is 6.54 Å². The molecule has 6 heteroatoms. The molecule has 0 saturated heterocycles. The van der Waals surface area contributed by atoms with Crippen molar-refractivity contribution in [2.75, 3.05) is 18.2 Å². The monoisotopic (exact) mass is 252 g/mol. The molecule has 0 atom stereocenters. The van der Waals surface area contributed by atoms with Crippen molar-refractivity contribution >= 4 is 34.8 Å². The molecule has 2 rings (SSSR count). The Morgan fingerprint density at radius 1 is 1.65 bits per heavy atom. The number of amidine groups is 1. The average Bonchev–Trinajstić information content (AvgIpc) is 2.31. The van der Waals surface area contributed by atoms with Crippen LogP contribution in [0.5, 0.6) is 0 Å². The van der Waals surface area contributed by atoms with Gasteiger partial charge in [0.15, 0.2) is 0 Å². The Hall–Kier alpha value is -1.75. The van der Waals surface area contributed by atoms with Crippen LogP contribution in [0.1, 0.15) is 5.56 Å². The van der Waals surface area contributed by atoms with E-state index in [9.17, 15) is 4.79 Å². The van der Waals surface area contributed by atoms with Crippen molar-refractivity contribution in [2.45, 2.75) is 6.54 Å². The summed E-state index contributed by atoms with van der Waals surface area (Å²) in [4.78, 5) is 17.4. The van der Waals surface area contributed by atoms with E-state index >= 15 is 0 Å². The van der Waals surface area contributed by atoms with Crippen LogP contribution in [0.3, 0.4) is 0 Å². The zero-order valence-corrected chi connectivity index (χ0v) is 10.2. The van der Waals surface area contributed by atoms with E-state index in [0.717, 1.165) is 5.56 Å². The van der Waals surface area contributed by atoms with E-state index in [4.69, 9.17) is 17.3 Å². The van der Waals surface area contributed by atoms with Gasteiger partial charge in [0.1, 0.15) is 5.84 Å². The number of alkyl halides is 1. The number of anilines is 1. The van der Waals surface area contributed by atoms with Gasteiger partial charge in [0.2, 0.25) is 0 Å². The number of rotatable bonds is 2. The summed E-state index contributed by atoms with van der Waals surface area (Å²) in [5, 5.41) is 2.79. The molecule has 5 nitrogen and oxygen atoms in total. The lowest BCUT2D eigenvalue weighted by molar-refractivity contribution is 0.218. The quantitative estimate of drug-likeness (QED) is 0.479. The zero-order chi connectivity index (χ0) is 12.4. The van der Waals surface area contributed by atoms with Gasteiger partial charge < -0.3 is 16.0 Å². The van der Waals surface area contributed by atoms with Crippen LogP contribution in [0.15, 0.2) is 23.2 Å². The summed E-state index contributed by atoms with van der Waals surface area (Å²) in [7, 11) is 1.74. The van der Waals surface area contributed by atoms with Gasteiger partial charge in [0, 0.05) is 13.6 Å². The van der Waals surface area contributed by atoms with Gasteiger partial charge in [-0.2, -0.15) is 0 Å². The molecule has 2 amide bonds. The van der Waals surface area contributed by atoms with E-state index < -0.39 is 0 Å². The fourth-order valence-electron chi connectivity index (χ4n) is 1.67. The summed E-state index contributed by atoms with van der Waals surface area (Å²) in [5.41, 5.74) is 7.96. The summed E-state index contributed by atoms with van der Waals surface area (Å²) in [5.74, 6) is 0.491. The number of carbonyl (C=O) groups excluding carboxylic acids is 1. The number of para-hydroxylation sites is 1.